The molecule has 0 radical (unpaired) electrons. The lowest BCUT2D eigenvalue weighted by atomic mass is 10.1. The lowest BCUT2D eigenvalue weighted by molar-refractivity contribution is 0.157. The molecule has 3 rings (SSSR count). The summed E-state index contributed by atoms with van der Waals surface area (Å²) in [5.41, 5.74) is 0. The van der Waals surface area contributed by atoms with Crippen LogP contribution in [0.5, 0.6) is 5.75 Å². The van der Waals surface area contributed by atoms with Crippen LogP contribution in [0.25, 0.3) is 10.8 Å². The molecule has 0 aliphatic carbocycles. The van der Waals surface area contributed by atoms with Gasteiger partial charge in [-0.3, -0.25) is 4.99 Å². The van der Waals surface area contributed by atoms with Crippen LogP contribution < -0.4 is 10.1 Å². The summed E-state index contributed by atoms with van der Waals surface area (Å²) < 4.78 is 12.2. The average Bonchev–Trinajstić information content (AvgIpc) is 3.10. The van der Waals surface area contributed by atoms with Crippen molar-refractivity contribution in [2.45, 2.75) is 6.42 Å². The Labute approximate surface area is 186 Å². The Balaban J connectivity index is 0.00000261. The molecule has 0 amide bonds. The summed E-state index contributed by atoms with van der Waals surface area (Å²) in [6.07, 6.45) is 1.15. The Hall–Kier alpha value is -1.06. The zero-order valence-electron chi connectivity index (χ0n) is 15.8. The fourth-order valence-electron chi connectivity index (χ4n) is 3.35. The molecule has 1 aliphatic rings. The van der Waals surface area contributed by atoms with Gasteiger partial charge in [0.2, 0.25) is 0 Å². The van der Waals surface area contributed by atoms with E-state index in [1.165, 1.54) is 10.8 Å². The number of likely N-dealkylation sites (tertiary alicyclic amines) is 1. The fraction of sp³-hybridized carbons (Fsp3) is 0.450. The summed E-state index contributed by atoms with van der Waals surface area (Å²) in [4.78, 5) is 6.68. The van der Waals surface area contributed by atoms with Crippen LogP contribution in [0.3, 0.4) is 0 Å². The molecule has 0 saturated carbocycles. The van der Waals surface area contributed by atoms with E-state index in [0.29, 0.717) is 12.5 Å². The molecule has 0 spiro atoms. The first-order chi connectivity index (χ1) is 12.7. The van der Waals surface area contributed by atoms with Crippen molar-refractivity contribution in [2.75, 3.05) is 47.0 Å². The van der Waals surface area contributed by atoms with Crippen LogP contribution in [0.1, 0.15) is 6.42 Å². The van der Waals surface area contributed by atoms with Gasteiger partial charge in [0.15, 0.2) is 5.96 Å². The second-order valence-corrected chi connectivity index (χ2v) is 7.45. The molecule has 0 aromatic heterocycles. The Morgan fingerprint density at radius 1 is 1.26 bits per heavy atom. The lowest BCUT2D eigenvalue weighted by Crippen LogP contribution is -2.41. The van der Waals surface area contributed by atoms with Gasteiger partial charge in [0.25, 0.3) is 0 Å². The Bertz CT molecular complexity index is 772. The maximum Gasteiger partial charge on any atom is 0.193 e. The zero-order chi connectivity index (χ0) is 18.4. The number of guanidine groups is 1. The van der Waals surface area contributed by atoms with Crippen molar-refractivity contribution in [2.24, 2.45) is 10.9 Å². The van der Waals surface area contributed by atoms with Crippen molar-refractivity contribution in [3.63, 3.8) is 0 Å². The van der Waals surface area contributed by atoms with Gasteiger partial charge in [0.1, 0.15) is 12.4 Å². The smallest absolute Gasteiger partial charge is 0.193 e. The first kappa shape index (κ1) is 22.2. The minimum atomic E-state index is 0. The number of aliphatic imine (C=N–C) groups is 1. The van der Waals surface area contributed by atoms with Crippen molar-refractivity contribution in [3.8, 4) is 5.75 Å². The highest BCUT2D eigenvalue weighted by molar-refractivity contribution is 14.0. The number of hydrogen-bond acceptors (Lipinski definition) is 3. The Kier molecular flexibility index (Phi) is 9.11. The van der Waals surface area contributed by atoms with Gasteiger partial charge in [-0.25, -0.2) is 0 Å². The number of nitrogens with one attached hydrogen (secondary N) is 1. The summed E-state index contributed by atoms with van der Waals surface area (Å²) in [6, 6.07) is 12.4. The lowest BCUT2D eigenvalue weighted by Gasteiger charge is -2.21. The number of methoxy groups -OCH3 is 1. The number of ether oxygens (including phenoxy) is 2. The van der Waals surface area contributed by atoms with E-state index in [4.69, 9.17) is 9.47 Å². The van der Waals surface area contributed by atoms with Gasteiger partial charge in [0, 0.05) is 37.6 Å². The Morgan fingerprint density at radius 2 is 2.04 bits per heavy atom. The number of rotatable bonds is 6. The molecule has 7 heteroatoms. The van der Waals surface area contributed by atoms with E-state index in [0.717, 1.165) is 48.8 Å². The normalized spacial score (nSPS) is 17.1. The van der Waals surface area contributed by atoms with Crippen LogP contribution >= 0.6 is 39.9 Å². The molecule has 5 nitrogen and oxygen atoms in total. The molecule has 1 N–H and O–H groups in total. The molecule has 1 fully saturated rings. The van der Waals surface area contributed by atoms with Crippen LogP contribution in [0.15, 0.2) is 45.9 Å². The van der Waals surface area contributed by atoms with E-state index in [1.54, 1.807) is 7.11 Å². The molecule has 1 unspecified atom stereocenters. The number of hydrogen-bond donors (Lipinski definition) is 1. The van der Waals surface area contributed by atoms with Gasteiger partial charge in [-0.05, 0) is 41.5 Å². The van der Waals surface area contributed by atoms with E-state index in [2.05, 4.69) is 55.4 Å². The molecule has 2 aromatic carbocycles. The highest BCUT2D eigenvalue weighted by Gasteiger charge is 2.24. The monoisotopic (exact) mass is 547 g/mol. The van der Waals surface area contributed by atoms with Gasteiger partial charge in [0.05, 0.1) is 13.2 Å². The van der Waals surface area contributed by atoms with Gasteiger partial charge >= 0.3 is 0 Å². The maximum atomic E-state index is 5.89. The summed E-state index contributed by atoms with van der Waals surface area (Å²) >= 11 is 3.50. The van der Waals surface area contributed by atoms with Gasteiger partial charge in [-0.15, -0.1) is 24.0 Å². The number of benzene rings is 2. The van der Waals surface area contributed by atoms with Crippen molar-refractivity contribution in [1.82, 2.24) is 10.2 Å². The number of fused-ring (bicyclic) bond motifs is 1. The van der Waals surface area contributed by atoms with Crippen LogP contribution in [0.2, 0.25) is 0 Å². The fourth-order valence-corrected chi connectivity index (χ4v) is 3.72. The van der Waals surface area contributed by atoms with E-state index in [1.807, 2.05) is 19.2 Å². The topological polar surface area (TPSA) is 46.1 Å². The van der Waals surface area contributed by atoms with Gasteiger partial charge in [-0.2, -0.15) is 0 Å². The molecule has 1 heterocycles. The quantitative estimate of drug-likeness (QED) is 0.255. The molecule has 148 valence electrons. The predicted octanol–water partition coefficient (Wildman–Crippen LogP) is 4.14. The minimum Gasteiger partial charge on any atom is -0.492 e. The standard InChI is InChI=1S/C20H26BrN3O2.HI/c1-22-20(24-9-7-15(13-24)14-25-2)23-8-10-26-19-6-4-16-11-18(21)5-3-17(16)12-19;/h3-6,11-12,15H,7-10,13-14H2,1-2H3,(H,22,23);1H. The number of halogens is 2. The third-order valence-electron chi connectivity index (χ3n) is 4.63. The molecule has 1 saturated heterocycles. The molecular formula is C20H27BrIN3O2. The van der Waals surface area contributed by atoms with Gasteiger partial charge in [-0.1, -0.05) is 28.1 Å². The second-order valence-electron chi connectivity index (χ2n) is 6.53. The van der Waals surface area contributed by atoms with Crippen molar-refractivity contribution in [3.05, 3.63) is 40.9 Å². The largest absolute Gasteiger partial charge is 0.492 e. The predicted molar refractivity (Wildman–Crippen MR) is 125 cm³/mol. The summed E-state index contributed by atoms with van der Waals surface area (Å²) in [5, 5.41) is 5.77. The Morgan fingerprint density at radius 3 is 2.81 bits per heavy atom. The van der Waals surface area contributed by atoms with Crippen LogP contribution in [-0.2, 0) is 4.74 Å². The molecular weight excluding hydrogens is 521 g/mol. The zero-order valence-corrected chi connectivity index (χ0v) is 19.7. The summed E-state index contributed by atoms with van der Waals surface area (Å²) in [5.74, 6) is 2.42. The van der Waals surface area contributed by atoms with Crippen LogP contribution in [-0.4, -0.2) is 57.9 Å². The highest BCUT2D eigenvalue weighted by atomic mass is 127. The summed E-state index contributed by atoms with van der Waals surface area (Å²) in [7, 11) is 3.59. The van der Waals surface area contributed by atoms with E-state index in [9.17, 15) is 0 Å². The number of nitrogens with zero attached hydrogens (tertiary/aromatic N) is 2. The SMILES string of the molecule is CN=C(NCCOc1ccc2cc(Br)ccc2c1)N1CCC(COC)C1.I. The third-order valence-corrected chi connectivity index (χ3v) is 5.12. The molecule has 2 aromatic rings. The van der Waals surface area contributed by atoms with Crippen LogP contribution in [0, 0.1) is 5.92 Å². The molecule has 1 atom stereocenters. The molecule has 27 heavy (non-hydrogen) atoms. The maximum absolute atomic E-state index is 5.89. The van der Waals surface area contributed by atoms with Crippen molar-refractivity contribution < 1.29 is 9.47 Å². The minimum absolute atomic E-state index is 0. The van der Waals surface area contributed by atoms with Crippen molar-refractivity contribution in [1.29, 1.82) is 0 Å². The highest BCUT2D eigenvalue weighted by Crippen LogP contribution is 2.24. The molecule has 0 bridgehead atoms. The average molecular weight is 548 g/mol. The summed E-state index contributed by atoms with van der Waals surface area (Å²) in [6.45, 7) is 4.14. The van der Waals surface area contributed by atoms with E-state index in [-0.39, 0.29) is 24.0 Å². The third kappa shape index (κ3) is 6.22. The van der Waals surface area contributed by atoms with E-state index >= 15 is 0 Å². The van der Waals surface area contributed by atoms with Gasteiger partial charge < -0.3 is 19.7 Å². The molecule has 1 aliphatic heterocycles. The first-order valence-electron chi connectivity index (χ1n) is 8.96. The van der Waals surface area contributed by atoms with E-state index < -0.39 is 0 Å². The first-order valence-corrected chi connectivity index (χ1v) is 9.75. The second kappa shape index (κ2) is 11.1. The van der Waals surface area contributed by atoms with Crippen LogP contribution in [0.4, 0.5) is 0 Å². The van der Waals surface area contributed by atoms with Crippen molar-refractivity contribution >= 4 is 56.6 Å².